The standard InChI is InChI=1S/C25H25F3N4O5/c1-3-36-25(35)16-10-32(20-8-19(30)17(26)6-13(20)11-37-12(2)33)22-15(24(16)34)7-18(27)23(21(22)28)31-5-4-14(29)9-31/h6-8,10,14H,3-5,9,11,29-30H2,1-2H3. The smallest absolute Gasteiger partial charge is 0.343 e. The van der Waals surface area contributed by atoms with Crippen molar-refractivity contribution in [3.05, 3.63) is 63.2 Å². The van der Waals surface area contributed by atoms with Crippen molar-refractivity contribution in [3.63, 3.8) is 0 Å². The van der Waals surface area contributed by atoms with Gasteiger partial charge in [0.2, 0.25) is 5.43 Å². The zero-order valence-corrected chi connectivity index (χ0v) is 20.1. The lowest BCUT2D eigenvalue weighted by atomic mass is 10.1. The van der Waals surface area contributed by atoms with E-state index in [4.69, 9.17) is 20.9 Å². The number of anilines is 2. The fourth-order valence-electron chi connectivity index (χ4n) is 4.37. The zero-order valence-electron chi connectivity index (χ0n) is 20.1. The highest BCUT2D eigenvalue weighted by molar-refractivity contribution is 5.95. The monoisotopic (exact) mass is 518 g/mol. The lowest BCUT2D eigenvalue weighted by Crippen LogP contribution is -2.28. The number of carbonyl (C=O) groups excluding carboxylic acids is 2. The Morgan fingerprint density at radius 2 is 1.86 bits per heavy atom. The average Bonchev–Trinajstić information content (AvgIpc) is 3.26. The van der Waals surface area contributed by atoms with Gasteiger partial charge >= 0.3 is 11.9 Å². The largest absolute Gasteiger partial charge is 0.462 e. The number of nitrogens with two attached hydrogens (primary N) is 2. The molecule has 4 N–H and O–H groups in total. The Labute approximate surface area is 209 Å². The summed E-state index contributed by atoms with van der Waals surface area (Å²) in [5.41, 5.74) is 9.19. The van der Waals surface area contributed by atoms with E-state index in [-0.39, 0.29) is 48.2 Å². The molecule has 1 unspecified atom stereocenters. The van der Waals surface area contributed by atoms with Crippen molar-refractivity contribution in [2.24, 2.45) is 5.73 Å². The van der Waals surface area contributed by atoms with Gasteiger partial charge in [-0.1, -0.05) is 0 Å². The van der Waals surface area contributed by atoms with E-state index in [1.165, 1.54) is 11.8 Å². The van der Waals surface area contributed by atoms with Gasteiger partial charge in [0.1, 0.15) is 29.5 Å². The fraction of sp³-hybridized carbons (Fsp3) is 0.320. The second-order valence-electron chi connectivity index (χ2n) is 8.66. The summed E-state index contributed by atoms with van der Waals surface area (Å²) in [5.74, 6) is -4.61. The summed E-state index contributed by atoms with van der Waals surface area (Å²) >= 11 is 0. The van der Waals surface area contributed by atoms with Crippen LogP contribution in [0.1, 0.15) is 36.2 Å². The number of rotatable bonds is 6. The molecule has 1 aliphatic heterocycles. The van der Waals surface area contributed by atoms with Crippen molar-refractivity contribution in [1.29, 1.82) is 0 Å². The highest BCUT2D eigenvalue weighted by atomic mass is 19.1. The first-order valence-electron chi connectivity index (χ1n) is 11.5. The van der Waals surface area contributed by atoms with Crippen molar-refractivity contribution < 1.29 is 32.2 Å². The molecule has 12 heteroatoms. The van der Waals surface area contributed by atoms with Crippen LogP contribution in [0.5, 0.6) is 0 Å². The summed E-state index contributed by atoms with van der Waals surface area (Å²) in [4.78, 5) is 38.7. The molecule has 4 rings (SSSR count). The molecule has 9 nitrogen and oxygen atoms in total. The Bertz CT molecular complexity index is 1470. The lowest BCUT2D eigenvalue weighted by molar-refractivity contribution is -0.142. The number of esters is 2. The van der Waals surface area contributed by atoms with E-state index in [0.29, 0.717) is 6.42 Å². The summed E-state index contributed by atoms with van der Waals surface area (Å²) in [5, 5.41) is -0.450. The van der Waals surface area contributed by atoms with Crippen LogP contribution in [0.3, 0.4) is 0 Å². The lowest BCUT2D eigenvalue weighted by Gasteiger charge is -2.23. The Kier molecular flexibility index (Phi) is 7.12. The third-order valence-electron chi connectivity index (χ3n) is 6.08. The maximum Gasteiger partial charge on any atom is 0.343 e. The van der Waals surface area contributed by atoms with Crippen LogP contribution in [0.15, 0.2) is 29.2 Å². The van der Waals surface area contributed by atoms with E-state index < -0.39 is 58.1 Å². The molecule has 0 spiro atoms. The van der Waals surface area contributed by atoms with Gasteiger partial charge < -0.3 is 30.4 Å². The number of fused-ring (bicyclic) bond motifs is 1. The average molecular weight is 518 g/mol. The summed E-state index contributed by atoms with van der Waals surface area (Å²) in [6, 6.07) is 2.68. The molecule has 1 aromatic heterocycles. The van der Waals surface area contributed by atoms with Gasteiger partial charge in [0.15, 0.2) is 5.82 Å². The van der Waals surface area contributed by atoms with E-state index in [2.05, 4.69) is 0 Å². The van der Waals surface area contributed by atoms with Crippen LogP contribution < -0.4 is 21.8 Å². The predicted molar refractivity (Wildman–Crippen MR) is 130 cm³/mol. The van der Waals surface area contributed by atoms with Crippen molar-refractivity contribution in [2.75, 3.05) is 30.3 Å². The molecular formula is C25H25F3N4O5. The normalized spacial score (nSPS) is 15.3. The third kappa shape index (κ3) is 4.84. The van der Waals surface area contributed by atoms with Gasteiger partial charge in [0.05, 0.1) is 28.9 Å². The summed E-state index contributed by atoms with van der Waals surface area (Å²) < 4.78 is 56.8. The SMILES string of the molecule is CCOC(=O)c1cn(-c2cc(N)c(F)cc2COC(C)=O)c2c(F)c(N3CCC(N)C3)c(F)cc2c1=O. The number of ether oxygens (including phenoxy) is 2. The Hall–Kier alpha value is -4.06. The first-order valence-corrected chi connectivity index (χ1v) is 11.5. The number of aromatic nitrogens is 1. The quantitative estimate of drug-likeness (QED) is 0.377. The molecule has 0 saturated carbocycles. The van der Waals surface area contributed by atoms with Gasteiger partial charge in [-0.05, 0) is 31.5 Å². The second kappa shape index (κ2) is 10.1. The summed E-state index contributed by atoms with van der Waals surface area (Å²) in [6.45, 7) is 2.66. The van der Waals surface area contributed by atoms with Crippen LogP contribution in [0.4, 0.5) is 24.5 Å². The van der Waals surface area contributed by atoms with Crippen LogP contribution in [-0.2, 0) is 20.9 Å². The van der Waals surface area contributed by atoms with E-state index in [9.17, 15) is 18.8 Å². The maximum atomic E-state index is 16.2. The van der Waals surface area contributed by atoms with Crippen LogP contribution in [-0.4, -0.2) is 42.2 Å². The molecule has 3 aromatic rings. The number of nitrogens with zero attached hydrogens (tertiary/aromatic N) is 2. The number of nitrogen functional groups attached to an aromatic ring is 1. The van der Waals surface area contributed by atoms with Gasteiger partial charge in [0.25, 0.3) is 0 Å². The molecule has 1 fully saturated rings. The van der Waals surface area contributed by atoms with Gasteiger partial charge in [-0.3, -0.25) is 9.59 Å². The Balaban J connectivity index is 2.10. The third-order valence-corrected chi connectivity index (χ3v) is 6.08. The molecule has 1 aliphatic rings. The minimum absolute atomic E-state index is 0.00489. The second-order valence-corrected chi connectivity index (χ2v) is 8.66. The minimum atomic E-state index is -1.09. The van der Waals surface area contributed by atoms with Crippen LogP contribution in [0, 0.1) is 17.5 Å². The Morgan fingerprint density at radius 3 is 2.49 bits per heavy atom. The number of halogens is 3. The zero-order chi connectivity index (χ0) is 27.0. The molecule has 1 atom stereocenters. The summed E-state index contributed by atoms with van der Waals surface area (Å²) in [6.07, 6.45) is 1.53. The molecule has 196 valence electrons. The van der Waals surface area contributed by atoms with Crippen molar-refractivity contribution >= 4 is 34.2 Å². The fourth-order valence-corrected chi connectivity index (χ4v) is 4.37. The molecule has 0 aliphatic carbocycles. The number of hydrogen-bond donors (Lipinski definition) is 2. The molecule has 2 aromatic carbocycles. The van der Waals surface area contributed by atoms with Gasteiger partial charge in [-0.15, -0.1) is 0 Å². The van der Waals surface area contributed by atoms with Gasteiger partial charge in [-0.2, -0.15) is 0 Å². The summed E-state index contributed by atoms with van der Waals surface area (Å²) in [7, 11) is 0. The van der Waals surface area contributed by atoms with E-state index in [1.54, 1.807) is 0 Å². The van der Waals surface area contributed by atoms with Gasteiger partial charge in [-0.25, -0.2) is 18.0 Å². The Morgan fingerprint density at radius 1 is 1.14 bits per heavy atom. The van der Waals surface area contributed by atoms with Crippen LogP contribution in [0.25, 0.3) is 16.6 Å². The highest BCUT2D eigenvalue weighted by Crippen LogP contribution is 2.34. The molecule has 2 heterocycles. The molecule has 0 bridgehead atoms. The number of benzene rings is 2. The van der Waals surface area contributed by atoms with Crippen molar-refractivity contribution in [3.8, 4) is 5.69 Å². The molecular weight excluding hydrogens is 493 g/mol. The van der Waals surface area contributed by atoms with Crippen molar-refractivity contribution in [1.82, 2.24) is 4.57 Å². The topological polar surface area (TPSA) is 130 Å². The molecule has 37 heavy (non-hydrogen) atoms. The molecule has 0 radical (unpaired) electrons. The molecule has 1 saturated heterocycles. The number of pyridine rings is 1. The molecule has 0 amide bonds. The highest BCUT2D eigenvalue weighted by Gasteiger charge is 2.29. The van der Waals surface area contributed by atoms with E-state index in [1.807, 2.05) is 0 Å². The minimum Gasteiger partial charge on any atom is -0.462 e. The number of carbonyl (C=O) groups is 2. The number of hydrogen-bond acceptors (Lipinski definition) is 8. The van der Waals surface area contributed by atoms with Crippen LogP contribution >= 0.6 is 0 Å². The first-order chi connectivity index (χ1) is 17.5. The van der Waals surface area contributed by atoms with Gasteiger partial charge in [0, 0.05) is 37.8 Å². The van der Waals surface area contributed by atoms with Crippen molar-refractivity contribution in [2.45, 2.75) is 32.9 Å². The predicted octanol–water partition coefficient (Wildman–Crippen LogP) is 2.77. The maximum absolute atomic E-state index is 16.2. The first kappa shape index (κ1) is 26.0. The van der Waals surface area contributed by atoms with E-state index >= 15 is 8.78 Å². The van der Waals surface area contributed by atoms with Crippen LogP contribution in [0.2, 0.25) is 0 Å². The van der Waals surface area contributed by atoms with E-state index in [0.717, 1.165) is 35.9 Å².